The summed E-state index contributed by atoms with van der Waals surface area (Å²) in [6.45, 7) is 0. The zero-order chi connectivity index (χ0) is 19.8. The number of rotatable bonds is 7. The number of hydrogen-bond donors (Lipinski definition) is 2. The van der Waals surface area contributed by atoms with Crippen LogP contribution in [0.4, 0.5) is 15.2 Å². The average Bonchev–Trinajstić information content (AvgIpc) is 3.15. The summed E-state index contributed by atoms with van der Waals surface area (Å²) < 4.78 is 14.0. The molecule has 3 rings (SSSR count). The molecule has 0 saturated heterocycles. The van der Waals surface area contributed by atoms with Crippen molar-refractivity contribution in [2.75, 3.05) is 16.4 Å². The van der Waals surface area contributed by atoms with Crippen LogP contribution in [0.2, 0.25) is 0 Å². The Bertz CT molecular complexity index is 992. The highest BCUT2D eigenvalue weighted by Crippen LogP contribution is 2.25. The molecule has 1 heterocycles. The minimum Gasteiger partial charge on any atom is -0.323 e. The fourth-order valence-corrected chi connectivity index (χ4v) is 3.63. The fourth-order valence-electron chi connectivity index (χ4n) is 2.08. The Labute approximate surface area is 168 Å². The van der Waals surface area contributed by atoms with Crippen LogP contribution >= 0.6 is 23.1 Å². The van der Waals surface area contributed by atoms with Crippen LogP contribution in [0.3, 0.4) is 0 Å². The third-order valence-corrected chi connectivity index (χ3v) is 5.31. The van der Waals surface area contributed by atoms with Crippen LogP contribution in [0, 0.1) is 5.82 Å². The topological polar surface area (TPSA) is 84.0 Å². The number of hydrogen-bond acceptors (Lipinski definition) is 6. The lowest BCUT2D eigenvalue weighted by Gasteiger charge is -2.04. The van der Waals surface area contributed by atoms with Crippen LogP contribution in [0.1, 0.15) is 5.56 Å². The molecule has 0 fully saturated rings. The molecule has 3 aromatic rings. The van der Waals surface area contributed by atoms with E-state index in [2.05, 4.69) is 20.8 Å². The van der Waals surface area contributed by atoms with Gasteiger partial charge in [0.05, 0.1) is 11.4 Å². The number of halogens is 1. The molecule has 0 atom stereocenters. The van der Waals surface area contributed by atoms with Gasteiger partial charge in [-0.15, -0.1) is 10.2 Å². The molecule has 0 radical (unpaired) electrons. The van der Waals surface area contributed by atoms with Crippen molar-refractivity contribution in [3.05, 3.63) is 72.1 Å². The van der Waals surface area contributed by atoms with Gasteiger partial charge in [0.2, 0.25) is 16.9 Å². The summed E-state index contributed by atoms with van der Waals surface area (Å²) in [5.74, 6) is -1.13. The Morgan fingerprint density at radius 2 is 1.79 bits per heavy atom. The van der Waals surface area contributed by atoms with Crippen molar-refractivity contribution in [2.24, 2.45) is 0 Å². The molecule has 0 spiro atoms. The number of anilines is 2. The number of thioether (sulfide) groups is 1. The smallest absolute Gasteiger partial charge is 0.250 e. The first-order valence-electron chi connectivity index (χ1n) is 8.15. The van der Waals surface area contributed by atoms with Crippen molar-refractivity contribution in [2.45, 2.75) is 4.34 Å². The molecule has 6 nitrogen and oxygen atoms in total. The van der Waals surface area contributed by atoms with E-state index in [1.807, 2.05) is 30.3 Å². The summed E-state index contributed by atoms with van der Waals surface area (Å²) in [7, 11) is 0. The first kappa shape index (κ1) is 19.7. The lowest BCUT2D eigenvalue weighted by molar-refractivity contribution is -0.114. The van der Waals surface area contributed by atoms with Gasteiger partial charge in [-0.2, -0.15) is 0 Å². The molecule has 0 aliphatic heterocycles. The van der Waals surface area contributed by atoms with Crippen molar-refractivity contribution >= 4 is 51.8 Å². The minimum absolute atomic E-state index is 0.0465. The number of amides is 2. The lowest BCUT2D eigenvalue weighted by atomic mass is 10.2. The predicted molar refractivity (Wildman–Crippen MR) is 110 cm³/mol. The molecule has 0 bridgehead atoms. The zero-order valence-electron chi connectivity index (χ0n) is 14.5. The summed E-state index contributed by atoms with van der Waals surface area (Å²) in [4.78, 5) is 23.9. The van der Waals surface area contributed by atoms with Crippen molar-refractivity contribution in [3.63, 3.8) is 0 Å². The molecular formula is C19H15FN4O2S2. The number of aromatic nitrogens is 2. The second-order valence-electron chi connectivity index (χ2n) is 5.42. The standard InChI is InChI=1S/C19H15FN4O2S2/c20-14-8-4-5-9-15(14)21-17(26)12-27-19-24-23-18(28-19)22-16(25)11-10-13-6-2-1-3-7-13/h1-11H,12H2,(H,21,26)(H,22,23,25)/b11-10+. The largest absolute Gasteiger partial charge is 0.323 e. The van der Waals surface area contributed by atoms with E-state index >= 15 is 0 Å². The first-order chi connectivity index (χ1) is 13.6. The Morgan fingerprint density at radius 3 is 2.57 bits per heavy atom. The number of benzene rings is 2. The minimum atomic E-state index is -0.495. The second kappa shape index (κ2) is 9.77. The molecule has 2 amide bonds. The molecule has 0 saturated carbocycles. The van der Waals surface area contributed by atoms with E-state index < -0.39 is 5.82 Å². The molecule has 2 aromatic carbocycles. The van der Waals surface area contributed by atoms with Gasteiger partial charge in [0.15, 0.2) is 4.34 Å². The van der Waals surface area contributed by atoms with E-state index in [0.29, 0.717) is 9.47 Å². The van der Waals surface area contributed by atoms with Gasteiger partial charge in [-0.3, -0.25) is 14.9 Å². The van der Waals surface area contributed by atoms with Crippen molar-refractivity contribution < 1.29 is 14.0 Å². The highest BCUT2D eigenvalue weighted by Gasteiger charge is 2.11. The maximum Gasteiger partial charge on any atom is 0.250 e. The number of carbonyl (C=O) groups excluding carboxylic acids is 2. The SMILES string of the molecule is O=C(/C=C/c1ccccc1)Nc1nnc(SCC(=O)Nc2ccccc2F)s1. The Morgan fingerprint density at radius 1 is 1.04 bits per heavy atom. The van der Waals surface area contributed by atoms with Gasteiger partial charge in [-0.05, 0) is 23.8 Å². The van der Waals surface area contributed by atoms with Crippen molar-refractivity contribution in [3.8, 4) is 0 Å². The van der Waals surface area contributed by atoms with Gasteiger partial charge in [0.1, 0.15) is 5.82 Å². The number of para-hydroxylation sites is 1. The molecule has 0 unspecified atom stereocenters. The third-order valence-electron chi connectivity index (χ3n) is 3.34. The highest BCUT2D eigenvalue weighted by molar-refractivity contribution is 8.01. The van der Waals surface area contributed by atoms with Gasteiger partial charge in [-0.25, -0.2) is 4.39 Å². The van der Waals surface area contributed by atoms with Gasteiger partial charge in [0, 0.05) is 6.08 Å². The maximum absolute atomic E-state index is 13.5. The monoisotopic (exact) mass is 414 g/mol. The molecule has 28 heavy (non-hydrogen) atoms. The normalized spacial score (nSPS) is 10.8. The van der Waals surface area contributed by atoms with Gasteiger partial charge >= 0.3 is 0 Å². The van der Waals surface area contributed by atoms with Crippen molar-refractivity contribution in [1.82, 2.24) is 10.2 Å². The summed E-state index contributed by atoms with van der Waals surface area (Å²) in [5, 5.41) is 13.3. The van der Waals surface area contributed by atoms with E-state index in [4.69, 9.17) is 0 Å². The quantitative estimate of drug-likeness (QED) is 0.346. The highest BCUT2D eigenvalue weighted by atomic mass is 32.2. The molecule has 2 N–H and O–H groups in total. The maximum atomic E-state index is 13.5. The molecule has 9 heteroatoms. The number of nitrogens with zero attached hydrogens (tertiary/aromatic N) is 2. The summed E-state index contributed by atoms with van der Waals surface area (Å²) >= 11 is 2.31. The van der Waals surface area contributed by atoms with Crippen LogP contribution in [0.15, 0.2) is 65.0 Å². The first-order valence-corrected chi connectivity index (χ1v) is 9.95. The molecule has 142 valence electrons. The number of carbonyl (C=O) groups is 2. The Balaban J connectivity index is 1.47. The summed E-state index contributed by atoms with van der Waals surface area (Å²) in [5.41, 5.74) is 1.04. The van der Waals surface area contributed by atoms with Crippen LogP contribution in [-0.2, 0) is 9.59 Å². The summed E-state index contributed by atoms with van der Waals surface area (Å²) in [6, 6.07) is 15.4. The zero-order valence-corrected chi connectivity index (χ0v) is 16.1. The molecule has 0 aliphatic carbocycles. The van der Waals surface area contributed by atoms with E-state index in [-0.39, 0.29) is 23.3 Å². The van der Waals surface area contributed by atoms with Gasteiger partial charge < -0.3 is 5.32 Å². The van der Waals surface area contributed by atoms with E-state index in [0.717, 1.165) is 28.7 Å². The average molecular weight is 414 g/mol. The summed E-state index contributed by atoms with van der Waals surface area (Å²) in [6.07, 6.45) is 3.10. The van der Waals surface area contributed by atoms with Crippen molar-refractivity contribution in [1.29, 1.82) is 0 Å². The lowest BCUT2D eigenvalue weighted by Crippen LogP contribution is -2.14. The Kier molecular flexibility index (Phi) is 6.88. The third kappa shape index (κ3) is 6.00. The van der Waals surface area contributed by atoms with E-state index in [1.165, 1.54) is 18.2 Å². The van der Waals surface area contributed by atoms with Crippen LogP contribution in [-0.4, -0.2) is 27.8 Å². The van der Waals surface area contributed by atoms with Gasteiger partial charge in [-0.1, -0.05) is 65.6 Å². The fraction of sp³-hybridized carbons (Fsp3) is 0.0526. The molecular weight excluding hydrogens is 399 g/mol. The number of nitrogens with one attached hydrogen (secondary N) is 2. The Hall–Kier alpha value is -3.04. The molecule has 1 aromatic heterocycles. The van der Waals surface area contributed by atoms with E-state index in [1.54, 1.807) is 18.2 Å². The second-order valence-corrected chi connectivity index (χ2v) is 7.62. The van der Waals surface area contributed by atoms with E-state index in [9.17, 15) is 14.0 Å². The molecule has 0 aliphatic rings. The van der Waals surface area contributed by atoms with Crippen LogP contribution in [0.5, 0.6) is 0 Å². The van der Waals surface area contributed by atoms with Crippen LogP contribution < -0.4 is 10.6 Å². The van der Waals surface area contributed by atoms with Crippen LogP contribution in [0.25, 0.3) is 6.08 Å². The predicted octanol–water partition coefficient (Wildman–Crippen LogP) is 4.06. The van der Waals surface area contributed by atoms with Gasteiger partial charge in [0.25, 0.3) is 0 Å².